The highest BCUT2D eigenvalue weighted by Gasteiger charge is 2.22. The summed E-state index contributed by atoms with van der Waals surface area (Å²) in [6.45, 7) is 2.78. The van der Waals surface area contributed by atoms with E-state index < -0.39 is 0 Å². The SMILES string of the molecule is CCOC(=O)c1ccc(NC2CCC(=O)N(C)C2)nc1. The van der Waals surface area contributed by atoms with Crippen LogP contribution in [-0.2, 0) is 9.53 Å². The van der Waals surface area contributed by atoms with Crippen LogP contribution < -0.4 is 5.32 Å². The molecule has 1 aromatic heterocycles. The molecule has 0 spiro atoms. The molecule has 1 aliphatic heterocycles. The van der Waals surface area contributed by atoms with Gasteiger partial charge in [0.15, 0.2) is 0 Å². The number of pyridine rings is 1. The molecule has 1 aliphatic rings. The van der Waals surface area contributed by atoms with E-state index in [-0.39, 0.29) is 17.9 Å². The average Bonchev–Trinajstić information content (AvgIpc) is 2.44. The number of hydrogen-bond donors (Lipinski definition) is 1. The van der Waals surface area contributed by atoms with Gasteiger partial charge < -0.3 is 15.0 Å². The molecule has 0 aromatic carbocycles. The number of esters is 1. The highest BCUT2D eigenvalue weighted by atomic mass is 16.5. The van der Waals surface area contributed by atoms with Gasteiger partial charge in [0.2, 0.25) is 5.91 Å². The Kier molecular flexibility index (Phi) is 4.55. The van der Waals surface area contributed by atoms with Gasteiger partial charge in [-0.25, -0.2) is 9.78 Å². The fraction of sp³-hybridized carbons (Fsp3) is 0.500. The molecular formula is C14H19N3O3. The van der Waals surface area contributed by atoms with Crippen molar-refractivity contribution in [2.24, 2.45) is 0 Å². The van der Waals surface area contributed by atoms with E-state index in [4.69, 9.17) is 4.74 Å². The van der Waals surface area contributed by atoms with Crippen molar-refractivity contribution in [1.82, 2.24) is 9.88 Å². The number of piperidine rings is 1. The summed E-state index contributed by atoms with van der Waals surface area (Å²) in [5.74, 6) is 0.508. The predicted molar refractivity (Wildman–Crippen MR) is 74.5 cm³/mol. The van der Waals surface area contributed by atoms with E-state index in [9.17, 15) is 9.59 Å². The van der Waals surface area contributed by atoms with Gasteiger partial charge in [0.05, 0.1) is 12.2 Å². The Morgan fingerprint density at radius 3 is 2.95 bits per heavy atom. The van der Waals surface area contributed by atoms with Crippen LogP contribution in [0.15, 0.2) is 18.3 Å². The Balaban J connectivity index is 1.94. The topological polar surface area (TPSA) is 71.5 Å². The summed E-state index contributed by atoms with van der Waals surface area (Å²) in [6.07, 6.45) is 2.84. The number of likely N-dealkylation sites (N-methyl/N-ethyl adjacent to an activating group) is 1. The lowest BCUT2D eigenvalue weighted by Gasteiger charge is -2.30. The number of ether oxygens (including phenoxy) is 1. The van der Waals surface area contributed by atoms with Crippen LogP contribution in [0.2, 0.25) is 0 Å². The maximum atomic E-state index is 11.5. The van der Waals surface area contributed by atoms with Gasteiger partial charge in [-0.05, 0) is 25.5 Å². The molecule has 6 nitrogen and oxygen atoms in total. The van der Waals surface area contributed by atoms with E-state index in [0.29, 0.717) is 31.0 Å². The van der Waals surface area contributed by atoms with Gasteiger partial charge in [-0.3, -0.25) is 4.79 Å². The molecule has 0 aliphatic carbocycles. The summed E-state index contributed by atoms with van der Waals surface area (Å²) in [6, 6.07) is 3.63. The van der Waals surface area contributed by atoms with E-state index in [1.54, 1.807) is 31.0 Å². The van der Waals surface area contributed by atoms with Crippen LogP contribution in [0.4, 0.5) is 5.82 Å². The number of nitrogens with one attached hydrogen (secondary N) is 1. The summed E-state index contributed by atoms with van der Waals surface area (Å²) < 4.78 is 4.90. The first-order valence-electron chi connectivity index (χ1n) is 6.74. The second kappa shape index (κ2) is 6.36. The van der Waals surface area contributed by atoms with Crippen molar-refractivity contribution >= 4 is 17.7 Å². The van der Waals surface area contributed by atoms with Crippen molar-refractivity contribution in [1.29, 1.82) is 0 Å². The summed E-state index contributed by atoms with van der Waals surface area (Å²) in [7, 11) is 1.80. The van der Waals surface area contributed by atoms with E-state index in [1.165, 1.54) is 6.20 Å². The second-order valence-electron chi connectivity index (χ2n) is 4.81. The molecule has 1 fully saturated rings. The Bertz CT molecular complexity index is 487. The largest absolute Gasteiger partial charge is 0.462 e. The highest BCUT2D eigenvalue weighted by Crippen LogP contribution is 2.15. The normalized spacial score (nSPS) is 18.8. The van der Waals surface area contributed by atoms with Crippen molar-refractivity contribution in [2.75, 3.05) is 25.5 Å². The molecule has 2 rings (SSSR count). The number of carbonyl (C=O) groups is 2. The molecule has 0 bridgehead atoms. The predicted octanol–water partition coefficient (Wildman–Crippen LogP) is 1.29. The van der Waals surface area contributed by atoms with Gasteiger partial charge in [-0.2, -0.15) is 0 Å². The van der Waals surface area contributed by atoms with E-state index >= 15 is 0 Å². The lowest BCUT2D eigenvalue weighted by atomic mass is 10.1. The standard InChI is InChI=1S/C14H19N3O3/c1-3-20-14(19)10-4-6-12(15-8-10)16-11-5-7-13(18)17(2)9-11/h4,6,8,11H,3,5,7,9H2,1-2H3,(H,15,16). The minimum Gasteiger partial charge on any atom is -0.462 e. The zero-order chi connectivity index (χ0) is 14.5. The van der Waals surface area contributed by atoms with Crippen molar-refractivity contribution in [3.8, 4) is 0 Å². The number of rotatable bonds is 4. The molecule has 1 unspecified atom stereocenters. The number of carbonyl (C=O) groups excluding carboxylic acids is 2. The smallest absolute Gasteiger partial charge is 0.339 e. The number of anilines is 1. The van der Waals surface area contributed by atoms with Crippen LogP contribution in [-0.4, -0.2) is 48.0 Å². The van der Waals surface area contributed by atoms with Gasteiger partial charge in [0.25, 0.3) is 0 Å². The third-order valence-corrected chi connectivity index (χ3v) is 3.25. The molecule has 1 aromatic rings. The molecule has 20 heavy (non-hydrogen) atoms. The zero-order valence-electron chi connectivity index (χ0n) is 11.8. The van der Waals surface area contributed by atoms with E-state index in [1.807, 2.05) is 0 Å². The van der Waals surface area contributed by atoms with Crippen LogP contribution in [0.5, 0.6) is 0 Å². The Morgan fingerprint density at radius 1 is 1.55 bits per heavy atom. The van der Waals surface area contributed by atoms with Crippen LogP contribution in [0.1, 0.15) is 30.1 Å². The molecule has 1 saturated heterocycles. The Morgan fingerprint density at radius 2 is 2.35 bits per heavy atom. The first kappa shape index (κ1) is 14.3. The number of nitrogens with zero attached hydrogens (tertiary/aromatic N) is 2. The first-order valence-corrected chi connectivity index (χ1v) is 6.74. The first-order chi connectivity index (χ1) is 9.60. The maximum absolute atomic E-state index is 11.5. The third-order valence-electron chi connectivity index (χ3n) is 3.25. The molecular weight excluding hydrogens is 258 g/mol. The van der Waals surface area contributed by atoms with Gasteiger partial charge in [-0.15, -0.1) is 0 Å². The van der Waals surface area contributed by atoms with Crippen LogP contribution >= 0.6 is 0 Å². The number of amides is 1. The minimum atomic E-state index is -0.366. The third kappa shape index (κ3) is 3.46. The monoisotopic (exact) mass is 277 g/mol. The summed E-state index contributed by atoms with van der Waals surface area (Å²) >= 11 is 0. The Labute approximate surface area is 118 Å². The number of likely N-dealkylation sites (tertiary alicyclic amines) is 1. The highest BCUT2D eigenvalue weighted by molar-refractivity contribution is 5.89. The van der Waals surface area contributed by atoms with Crippen molar-refractivity contribution in [2.45, 2.75) is 25.8 Å². The molecule has 0 radical (unpaired) electrons. The Hall–Kier alpha value is -2.11. The molecule has 1 amide bonds. The van der Waals surface area contributed by atoms with Crippen LogP contribution in [0.25, 0.3) is 0 Å². The molecule has 108 valence electrons. The average molecular weight is 277 g/mol. The second-order valence-corrected chi connectivity index (χ2v) is 4.81. The molecule has 1 atom stereocenters. The molecule has 0 saturated carbocycles. The van der Waals surface area contributed by atoms with Crippen molar-refractivity contribution < 1.29 is 14.3 Å². The summed E-state index contributed by atoms with van der Waals surface area (Å²) in [5.41, 5.74) is 0.438. The summed E-state index contributed by atoms with van der Waals surface area (Å²) in [4.78, 5) is 28.8. The fourth-order valence-electron chi connectivity index (χ4n) is 2.15. The summed E-state index contributed by atoms with van der Waals surface area (Å²) in [5, 5.41) is 3.27. The fourth-order valence-corrected chi connectivity index (χ4v) is 2.15. The quantitative estimate of drug-likeness (QED) is 0.840. The zero-order valence-corrected chi connectivity index (χ0v) is 11.8. The molecule has 2 heterocycles. The minimum absolute atomic E-state index is 0.175. The van der Waals surface area contributed by atoms with Gasteiger partial charge >= 0.3 is 5.97 Å². The van der Waals surface area contributed by atoms with E-state index in [2.05, 4.69) is 10.3 Å². The van der Waals surface area contributed by atoms with Gasteiger partial charge in [0, 0.05) is 32.3 Å². The van der Waals surface area contributed by atoms with Crippen LogP contribution in [0, 0.1) is 0 Å². The van der Waals surface area contributed by atoms with Crippen molar-refractivity contribution in [3.63, 3.8) is 0 Å². The van der Waals surface area contributed by atoms with Gasteiger partial charge in [-0.1, -0.05) is 0 Å². The van der Waals surface area contributed by atoms with E-state index in [0.717, 1.165) is 6.42 Å². The maximum Gasteiger partial charge on any atom is 0.339 e. The molecule has 1 N–H and O–H groups in total. The van der Waals surface area contributed by atoms with Crippen molar-refractivity contribution in [3.05, 3.63) is 23.9 Å². The lowest BCUT2D eigenvalue weighted by Crippen LogP contribution is -2.43. The molecule has 6 heteroatoms. The lowest BCUT2D eigenvalue weighted by molar-refractivity contribution is -0.132. The number of aromatic nitrogens is 1. The van der Waals surface area contributed by atoms with Crippen LogP contribution in [0.3, 0.4) is 0 Å². The van der Waals surface area contributed by atoms with Gasteiger partial charge in [0.1, 0.15) is 5.82 Å². The number of hydrogen-bond acceptors (Lipinski definition) is 5.